The Labute approximate surface area is 567 Å². The molecule has 0 fully saturated rings. The van der Waals surface area contributed by atoms with Crippen molar-refractivity contribution in [2.24, 2.45) is 0 Å². The molecule has 17 aromatic rings. The molecule has 0 radical (unpaired) electrons. The Balaban J connectivity index is 0.705. The third-order valence-corrected chi connectivity index (χ3v) is 21.9. The average Bonchev–Trinajstić information content (AvgIpc) is 1.52. The van der Waals surface area contributed by atoms with Gasteiger partial charge in [0.25, 0.3) is 0 Å². The molecule has 2 heterocycles. The molecule has 4 heteroatoms. The molecule has 2 spiro atoms. The molecule has 4 aliphatic rings. The van der Waals surface area contributed by atoms with E-state index in [1.165, 1.54) is 122 Å². The Morgan fingerprint density at radius 1 is 0.204 bits per heavy atom. The van der Waals surface area contributed by atoms with Gasteiger partial charge in [-0.3, -0.25) is 0 Å². The summed E-state index contributed by atoms with van der Waals surface area (Å²) in [6.07, 6.45) is 0. The van der Waals surface area contributed by atoms with Gasteiger partial charge in [0.1, 0.15) is 0 Å². The molecule has 4 nitrogen and oxygen atoms in total. The molecule has 0 unspecified atom stereocenters. The monoisotopic (exact) mass is 1240 g/mol. The van der Waals surface area contributed by atoms with Crippen LogP contribution in [0.5, 0.6) is 0 Å². The first-order chi connectivity index (χ1) is 48.6. The van der Waals surface area contributed by atoms with Crippen LogP contribution >= 0.6 is 0 Å². The molecule has 0 saturated carbocycles. The summed E-state index contributed by atoms with van der Waals surface area (Å²) in [5, 5.41) is 11.2. The molecule has 0 amide bonds. The van der Waals surface area contributed by atoms with E-state index in [2.05, 4.69) is 330 Å². The molecule has 15 aromatic carbocycles. The predicted molar refractivity (Wildman–Crippen MR) is 399 cm³/mol. The highest BCUT2D eigenvalue weighted by Crippen LogP contribution is 2.65. The number of benzene rings is 15. The maximum Gasteiger partial charge on any atom is 0.248 e. The number of fused-ring (bicyclic) bond motifs is 23. The number of aromatic nitrogens is 3. The van der Waals surface area contributed by atoms with E-state index in [1.807, 2.05) is 30.3 Å². The van der Waals surface area contributed by atoms with Crippen molar-refractivity contribution in [1.82, 2.24) is 14.8 Å². The van der Waals surface area contributed by atoms with E-state index in [0.29, 0.717) is 11.8 Å². The second kappa shape index (κ2) is 20.9. The van der Waals surface area contributed by atoms with Crippen LogP contribution in [0.2, 0.25) is 0 Å². The first-order valence-electron chi connectivity index (χ1n) is 33.9. The van der Waals surface area contributed by atoms with Crippen molar-refractivity contribution < 1.29 is 4.42 Å². The van der Waals surface area contributed by atoms with Gasteiger partial charge in [-0.1, -0.05) is 273 Å². The highest BCUT2D eigenvalue weighted by molar-refractivity contribution is 6.12. The molecule has 98 heavy (non-hydrogen) atoms. The van der Waals surface area contributed by atoms with Gasteiger partial charge in [-0.05, 0) is 217 Å². The summed E-state index contributed by atoms with van der Waals surface area (Å²) >= 11 is 0. The summed E-state index contributed by atoms with van der Waals surface area (Å²) in [5.74, 6) is 0.991. The first-order valence-corrected chi connectivity index (χ1v) is 33.9. The summed E-state index contributed by atoms with van der Waals surface area (Å²) in [5.41, 5.74) is 37.0. The molecule has 0 aliphatic heterocycles. The second-order valence-corrected chi connectivity index (χ2v) is 26.6. The molecular formula is C94H57N3O. The Morgan fingerprint density at radius 2 is 0.480 bits per heavy atom. The quantitative estimate of drug-likeness (QED) is 0.152. The number of hydrogen-bond acceptors (Lipinski definition) is 3. The minimum atomic E-state index is -0.447. The van der Waals surface area contributed by atoms with Crippen molar-refractivity contribution in [3.8, 4) is 129 Å². The molecule has 0 saturated heterocycles. The SMILES string of the molecule is c1ccc(-c2nnc(-c3ccc(-c4ccccc4-c4ccccc4-c4ccc(-n5c6ccc(-c7ccc8c(c7)C7(c9ccccc9-c9ccccc97)c7ccccc7-8)cc6c6cc(-c7ccc8c(c7)C7(c9ccccc9-c9ccccc97)c7ccccc7-8)ccc65)cc4)cc3)o2)cc1. The highest BCUT2D eigenvalue weighted by atomic mass is 16.4. The smallest absolute Gasteiger partial charge is 0.248 e. The summed E-state index contributed by atoms with van der Waals surface area (Å²) in [7, 11) is 0. The van der Waals surface area contributed by atoms with Crippen LogP contribution in [-0.4, -0.2) is 14.8 Å². The maximum absolute atomic E-state index is 6.15. The minimum Gasteiger partial charge on any atom is -0.416 e. The predicted octanol–water partition coefficient (Wildman–Crippen LogP) is 23.5. The maximum atomic E-state index is 6.15. The van der Waals surface area contributed by atoms with Crippen LogP contribution in [0, 0.1) is 0 Å². The fraction of sp³-hybridized carbons (Fsp3) is 0.0213. The second-order valence-electron chi connectivity index (χ2n) is 26.6. The minimum absolute atomic E-state index is 0.447. The van der Waals surface area contributed by atoms with Crippen molar-refractivity contribution in [3.05, 3.63) is 390 Å². The molecule has 0 atom stereocenters. The molecule has 454 valence electrons. The van der Waals surface area contributed by atoms with Gasteiger partial charge in [-0.2, -0.15) is 0 Å². The van der Waals surface area contributed by atoms with Crippen LogP contribution < -0.4 is 0 Å². The molecular weight excluding hydrogens is 1190 g/mol. The van der Waals surface area contributed by atoms with E-state index in [0.717, 1.165) is 61.2 Å². The molecule has 0 bridgehead atoms. The van der Waals surface area contributed by atoms with Crippen molar-refractivity contribution in [2.75, 3.05) is 0 Å². The van der Waals surface area contributed by atoms with Crippen LogP contribution in [0.15, 0.2) is 350 Å². The van der Waals surface area contributed by atoms with E-state index in [4.69, 9.17) is 4.42 Å². The number of hydrogen-bond donors (Lipinski definition) is 0. The number of rotatable bonds is 8. The molecule has 21 rings (SSSR count). The fourth-order valence-electron chi connectivity index (χ4n) is 17.8. The van der Waals surface area contributed by atoms with Gasteiger partial charge in [0.2, 0.25) is 11.8 Å². The van der Waals surface area contributed by atoms with Gasteiger partial charge < -0.3 is 8.98 Å². The van der Waals surface area contributed by atoms with Crippen molar-refractivity contribution in [2.45, 2.75) is 10.8 Å². The van der Waals surface area contributed by atoms with Gasteiger partial charge in [0.15, 0.2) is 0 Å². The third-order valence-electron chi connectivity index (χ3n) is 21.9. The zero-order valence-corrected chi connectivity index (χ0v) is 53.2. The van der Waals surface area contributed by atoms with E-state index < -0.39 is 10.8 Å². The Hall–Kier alpha value is -12.8. The summed E-state index contributed by atoms with van der Waals surface area (Å²) in [4.78, 5) is 0. The summed E-state index contributed by atoms with van der Waals surface area (Å²) < 4.78 is 8.63. The van der Waals surface area contributed by atoms with Crippen molar-refractivity contribution in [1.29, 1.82) is 0 Å². The van der Waals surface area contributed by atoms with Crippen LogP contribution in [0.1, 0.15) is 44.5 Å². The lowest BCUT2D eigenvalue weighted by molar-refractivity contribution is 0.584. The fourth-order valence-corrected chi connectivity index (χ4v) is 17.8. The van der Waals surface area contributed by atoms with E-state index in [1.54, 1.807) is 0 Å². The Bertz CT molecular complexity index is 5810. The lowest BCUT2D eigenvalue weighted by Crippen LogP contribution is -2.25. The van der Waals surface area contributed by atoms with Crippen LogP contribution in [0.25, 0.3) is 151 Å². The van der Waals surface area contributed by atoms with Gasteiger partial charge in [-0.25, -0.2) is 0 Å². The highest BCUT2D eigenvalue weighted by Gasteiger charge is 2.53. The summed E-state index contributed by atoms with van der Waals surface area (Å²) in [6.45, 7) is 0. The molecule has 0 N–H and O–H groups in total. The summed E-state index contributed by atoms with van der Waals surface area (Å²) in [6, 6.07) is 129. The van der Waals surface area contributed by atoms with E-state index in [9.17, 15) is 0 Å². The van der Waals surface area contributed by atoms with Crippen molar-refractivity contribution >= 4 is 21.8 Å². The Morgan fingerprint density at radius 3 is 0.867 bits per heavy atom. The average molecular weight is 1240 g/mol. The zero-order chi connectivity index (χ0) is 64.2. The lowest BCUT2D eigenvalue weighted by Gasteiger charge is -2.30. The van der Waals surface area contributed by atoms with Crippen LogP contribution in [-0.2, 0) is 10.8 Å². The zero-order valence-electron chi connectivity index (χ0n) is 53.2. The molecule has 4 aliphatic carbocycles. The lowest BCUT2D eigenvalue weighted by atomic mass is 9.70. The van der Waals surface area contributed by atoms with Crippen LogP contribution in [0.3, 0.4) is 0 Å². The van der Waals surface area contributed by atoms with Gasteiger partial charge in [0, 0.05) is 27.6 Å². The standard InChI is InChI=1S/C94H57N3O/c1-2-20-60(21-3-1)91-95-96-92(98-91)61-40-38-58(39-41-61)67-22-4-6-24-69(67)70-25-7-5-23-68(70)59-42-48-66(49-43-59)97-89-52-46-62(64-44-50-77-75-30-12-18-36-85(75)93(87(77)56-64)81-32-14-8-26-71(81)72-27-9-15-33-82(72)93)54-79(89)80-55-63(47-53-90(80)97)65-45-51-78-76-31-13-19-37-86(76)94(88(78)57-65)83-34-16-10-28-73(83)74-29-11-17-35-84(74)94/h1-57H. The Kier molecular flexibility index (Phi) is 11.6. The van der Waals surface area contributed by atoms with Crippen molar-refractivity contribution in [3.63, 3.8) is 0 Å². The third kappa shape index (κ3) is 7.60. The van der Waals surface area contributed by atoms with Gasteiger partial charge in [0.05, 0.1) is 21.9 Å². The van der Waals surface area contributed by atoms with Gasteiger partial charge in [-0.15, -0.1) is 10.2 Å². The largest absolute Gasteiger partial charge is 0.416 e. The molecule has 2 aromatic heterocycles. The first kappa shape index (κ1) is 54.6. The topological polar surface area (TPSA) is 43.9 Å². The van der Waals surface area contributed by atoms with E-state index in [-0.39, 0.29) is 0 Å². The van der Waals surface area contributed by atoms with Crippen LogP contribution in [0.4, 0.5) is 0 Å². The van der Waals surface area contributed by atoms with E-state index >= 15 is 0 Å². The number of nitrogens with zero attached hydrogens (tertiary/aromatic N) is 3. The normalized spacial score (nSPS) is 13.5. The van der Waals surface area contributed by atoms with Gasteiger partial charge >= 0.3 is 0 Å².